The van der Waals surface area contributed by atoms with Gasteiger partial charge in [0.2, 0.25) is 0 Å². The van der Waals surface area contributed by atoms with Crippen molar-refractivity contribution < 1.29 is 9.18 Å². The summed E-state index contributed by atoms with van der Waals surface area (Å²) in [5.74, 6) is -0.448. The molecule has 0 radical (unpaired) electrons. The van der Waals surface area contributed by atoms with Crippen molar-refractivity contribution >= 4 is 36.3 Å². The Labute approximate surface area is 107 Å². The Morgan fingerprint density at radius 1 is 1.50 bits per heavy atom. The van der Waals surface area contributed by atoms with Gasteiger partial charge in [0.05, 0.1) is 0 Å². The van der Waals surface area contributed by atoms with Gasteiger partial charge in [0.1, 0.15) is 0 Å². The number of carbonyl (C=O) groups is 1. The number of hydrogen-bond acceptors (Lipinski definition) is 1. The molecule has 1 aliphatic rings. The molecule has 1 heterocycles. The monoisotopic (exact) mass is 349 g/mol. The Bertz CT molecular complexity index is 478. The molecule has 0 saturated carbocycles. The number of rotatable bonds is 2. The van der Waals surface area contributed by atoms with E-state index in [2.05, 4.69) is 21.2 Å². The van der Waals surface area contributed by atoms with E-state index in [-0.39, 0.29) is 26.2 Å². The zero-order chi connectivity index (χ0) is 11.5. The van der Waals surface area contributed by atoms with Gasteiger partial charge >= 0.3 is 107 Å². The Kier molecular flexibility index (Phi) is 3.79. The van der Waals surface area contributed by atoms with Crippen LogP contribution in [0.3, 0.4) is 0 Å². The van der Waals surface area contributed by atoms with E-state index in [1.165, 1.54) is 0 Å². The Morgan fingerprint density at radius 2 is 2.31 bits per heavy atom. The van der Waals surface area contributed by atoms with E-state index in [9.17, 15) is 9.18 Å². The van der Waals surface area contributed by atoms with Gasteiger partial charge in [0.15, 0.2) is 0 Å². The first kappa shape index (κ1) is 11.8. The first-order valence-electron chi connectivity index (χ1n) is 4.78. The van der Waals surface area contributed by atoms with Crippen LogP contribution in [0.5, 0.6) is 0 Å². The van der Waals surface area contributed by atoms with Gasteiger partial charge in [-0.2, -0.15) is 0 Å². The zero-order valence-corrected chi connectivity index (χ0v) is 11.6. The molecule has 5 heteroatoms. The maximum absolute atomic E-state index is 13.3. The molecule has 2 rings (SSSR count). The van der Waals surface area contributed by atoms with E-state index in [0.29, 0.717) is 23.0 Å². The molecule has 2 nitrogen and oxygen atoms in total. The molecule has 0 aliphatic heterocycles. The molecule has 1 aromatic rings. The second-order valence-corrected chi connectivity index (χ2v) is 7.63. The summed E-state index contributed by atoms with van der Waals surface area (Å²) in [5, 5.41) is 2.60. The molecule has 1 amide bonds. The maximum atomic E-state index is 13.3. The average molecular weight is 349 g/mol. The normalized spacial score (nSPS) is 15.4. The summed E-state index contributed by atoms with van der Waals surface area (Å²) in [5.41, 5.74) is 0.302. The average Bonchev–Trinajstić information content (AvgIpc) is 2.68. The fourth-order valence-electron chi connectivity index (χ4n) is 1.37. The summed E-state index contributed by atoms with van der Waals surface area (Å²) < 4.78 is 15.1. The van der Waals surface area contributed by atoms with Crippen LogP contribution in [0.4, 0.5) is 4.39 Å². The molecular formula is C11H9BrFNOSe. The molecule has 1 aliphatic carbocycles. The summed E-state index contributed by atoms with van der Waals surface area (Å²) in [6, 6.07) is 3.63. The number of halogens is 2. The summed E-state index contributed by atoms with van der Waals surface area (Å²) >= 11 is 3.35. The third-order valence-corrected chi connectivity index (χ3v) is 5.09. The molecule has 1 N–H and O–H groups in total. The molecular weight excluding hydrogens is 340 g/mol. The third kappa shape index (κ3) is 2.73. The molecule has 0 saturated heterocycles. The molecule has 0 aromatic carbocycles. The quantitative estimate of drug-likeness (QED) is 0.818. The predicted molar refractivity (Wildman–Crippen MR) is 65.1 cm³/mol. The van der Waals surface area contributed by atoms with Crippen LogP contribution in [0.1, 0.15) is 22.1 Å². The van der Waals surface area contributed by atoms with Gasteiger partial charge in [-0.15, -0.1) is 0 Å². The SMILES string of the molecule is O=C(NC1=C(F)CCC=C1)c1ccc(Br)[se]1. The van der Waals surface area contributed by atoms with Crippen LogP contribution in [0.25, 0.3) is 0 Å². The van der Waals surface area contributed by atoms with Crippen molar-refractivity contribution in [3.63, 3.8) is 0 Å². The molecule has 0 spiro atoms. The Hall–Kier alpha value is -0.641. The molecule has 16 heavy (non-hydrogen) atoms. The predicted octanol–water partition coefficient (Wildman–Crippen LogP) is 2.77. The molecule has 84 valence electrons. The number of amides is 1. The van der Waals surface area contributed by atoms with Crippen molar-refractivity contribution in [2.75, 3.05) is 0 Å². The van der Waals surface area contributed by atoms with Crippen molar-refractivity contribution in [1.29, 1.82) is 0 Å². The van der Waals surface area contributed by atoms with Gasteiger partial charge in [-0.3, -0.25) is 0 Å². The Balaban J connectivity index is 2.11. The summed E-state index contributed by atoms with van der Waals surface area (Å²) in [6.45, 7) is 0. The van der Waals surface area contributed by atoms with Crippen molar-refractivity contribution in [3.05, 3.63) is 43.6 Å². The molecule has 0 bridgehead atoms. The van der Waals surface area contributed by atoms with Crippen LogP contribution >= 0.6 is 15.9 Å². The number of carbonyl (C=O) groups excluding carboxylic acids is 1. The van der Waals surface area contributed by atoms with Gasteiger partial charge in [-0.1, -0.05) is 0 Å². The van der Waals surface area contributed by atoms with E-state index >= 15 is 0 Å². The molecule has 1 aromatic heterocycles. The van der Waals surface area contributed by atoms with Gasteiger partial charge in [0.25, 0.3) is 0 Å². The summed E-state index contributed by atoms with van der Waals surface area (Å²) in [4.78, 5) is 11.8. The van der Waals surface area contributed by atoms with Crippen molar-refractivity contribution in [2.24, 2.45) is 0 Å². The number of hydrogen-bond donors (Lipinski definition) is 1. The summed E-state index contributed by atoms with van der Waals surface area (Å²) in [7, 11) is 0. The van der Waals surface area contributed by atoms with E-state index in [0.717, 1.165) is 3.35 Å². The standard InChI is InChI=1S/C11H9BrFNOSe/c12-10-6-5-9(16-10)11(15)14-8-4-2-1-3-7(8)13/h2,4-6H,1,3H2,(H,14,15). The van der Waals surface area contributed by atoms with Crippen LogP contribution < -0.4 is 5.32 Å². The summed E-state index contributed by atoms with van der Waals surface area (Å²) in [6.07, 6.45) is 4.56. The topological polar surface area (TPSA) is 29.1 Å². The fraction of sp³-hybridized carbons (Fsp3) is 0.182. The van der Waals surface area contributed by atoms with E-state index in [4.69, 9.17) is 0 Å². The van der Waals surface area contributed by atoms with Crippen molar-refractivity contribution in [2.45, 2.75) is 12.8 Å². The van der Waals surface area contributed by atoms with E-state index in [1.807, 2.05) is 12.1 Å². The Morgan fingerprint density at radius 3 is 2.94 bits per heavy atom. The van der Waals surface area contributed by atoms with Crippen LogP contribution in [0.2, 0.25) is 0 Å². The third-order valence-electron chi connectivity index (χ3n) is 2.15. The number of nitrogens with one attached hydrogen (secondary N) is 1. The van der Waals surface area contributed by atoms with Crippen LogP contribution in [-0.2, 0) is 0 Å². The minimum absolute atomic E-state index is 0.0134. The van der Waals surface area contributed by atoms with E-state index in [1.54, 1.807) is 12.1 Å². The number of allylic oxidation sites excluding steroid dienone is 3. The second-order valence-electron chi connectivity index (χ2n) is 3.32. The van der Waals surface area contributed by atoms with Crippen LogP contribution in [0.15, 0.2) is 39.2 Å². The van der Waals surface area contributed by atoms with Crippen molar-refractivity contribution in [3.8, 4) is 0 Å². The van der Waals surface area contributed by atoms with E-state index < -0.39 is 0 Å². The van der Waals surface area contributed by atoms with Crippen molar-refractivity contribution in [1.82, 2.24) is 5.32 Å². The first-order valence-corrected chi connectivity index (χ1v) is 7.29. The minimum atomic E-state index is -0.242. The van der Waals surface area contributed by atoms with Crippen LogP contribution in [0, 0.1) is 0 Å². The molecule has 0 fully saturated rings. The van der Waals surface area contributed by atoms with Gasteiger partial charge in [-0.25, -0.2) is 0 Å². The molecule has 0 atom stereocenters. The fourth-order valence-corrected chi connectivity index (χ4v) is 3.72. The van der Waals surface area contributed by atoms with Crippen LogP contribution in [-0.4, -0.2) is 20.4 Å². The first-order chi connectivity index (χ1) is 7.66. The zero-order valence-electron chi connectivity index (χ0n) is 8.30. The molecule has 0 unspecified atom stereocenters. The van der Waals surface area contributed by atoms with Gasteiger partial charge in [0, 0.05) is 0 Å². The second kappa shape index (κ2) is 5.13. The van der Waals surface area contributed by atoms with Gasteiger partial charge in [-0.05, 0) is 0 Å². The van der Waals surface area contributed by atoms with Gasteiger partial charge < -0.3 is 0 Å².